The molecule has 0 aromatic heterocycles. The van der Waals surface area contributed by atoms with Crippen LogP contribution in [0.1, 0.15) is 85.5 Å². The molecule has 0 aromatic rings. The monoisotopic (exact) mass is 747 g/mol. The van der Waals surface area contributed by atoms with E-state index in [0.717, 1.165) is 50.5 Å². The van der Waals surface area contributed by atoms with Gasteiger partial charge in [0, 0.05) is 45.1 Å². The first-order valence-corrected chi connectivity index (χ1v) is 20.4. The lowest BCUT2D eigenvalue weighted by molar-refractivity contribution is -0.314. The van der Waals surface area contributed by atoms with Crippen molar-refractivity contribution in [1.29, 1.82) is 0 Å². The van der Waals surface area contributed by atoms with Crippen molar-refractivity contribution in [2.45, 2.75) is 165 Å². The predicted octanol–water partition coefficient (Wildman–Crippen LogP) is 4.70. The Hall–Kier alpha value is -1.48. The third-order valence-corrected chi connectivity index (χ3v) is 14.0. The second-order valence-corrected chi connectivity index (χ2v) is 17.2. The summed E-state index contributed by atoms with van der Waals surface area (Å²) in [5.41, 5.74) is 0.758. The number of carbonyl (C=O) groups excluding carboxylic acids is 2. The highest BCUT2D eigenvalue weighted by Crippen LogP contribution is 2.63. The summed E-state index contributed by atoms with van der Waals surface area (Å²) in [4.78, 5) is 30.6. The van der Waals surface area contributed by atoms with Crippen LogP contribution >= 0.6 is 0 Å². The molecular formula is C41H65NO11. The van der Waals surface area contributed by atoms with Crippen LogP contribution < -0.4 is 0 Å². The molecule has 4 saturated heterocycles. The van der Waals surface area contributed by atoms with Crippen LogP contribution in [0, 0.1) is 35.5 Å². The van der Waals surface area contributed by atoms with Crippen molar-refractivity contribution in [1.82, 2.24) is 4.90 Å². The highest BCUT2D eigenvalue weighted by Gasteiger charge is 2.66. The molecule has 0 spiro atoms. The van der Waals surface area contributed by atoms with Crippen LogP contribution in [0.2, 0.25) is 0 Å². The number of rotatable bonds is 9. The Balaban J connectivity index is 1.11. The number of fused-ring (bicyclic) bond motifs is 8. The van der Waals surface area contributed by atoms with E-state index in [1.807, 2.05) is 13.8 Å². The Labute approximate surface area is 316 Å². The molecule has 4 heterocycles. The quantitative estimate of drug-likeness (QED) is 0.240. The number of esters is 1. The Morgan fingerprint density at radius 2 is 1.55 bits per heavy atom. The molecule has 0 amide bonds. The molecule has 2 saturated carbocycles. The third-order valence-electron chi connectivity index (χ3n) is 14.0. The van der Waals surface area contributed by atoms with Crippen molar-refractivity contribution in [3.63, 3.8) is 0 Å². The second-order valence-electron chi connectivity index (χ2n) is 17.2. The van der Waals surface area contributed by atoms with Crippen molar-refractivity contribution in [3.8, 4) is 0 Å². The number of hydrogen-bond acceptors (Lipinski definition) is 12. The molecule has 53 heavy (non-hydrogen) atoms. The number of ketones is 1. The van der Waals surface area contributed by atoms with Gasteiger partial charge in [-0.1, -0.05) is 19.9 Å². The summed E-state index contributed by atoms with van der Waals surface area (Å²) < 4.78 is 56.2. The van der Waals surface area contributed by atoms with Gasteiger partial charge in [0.15, 0.2) is 18.4 Å². The molecule has 0 N–H and O–H groups in total. The minimum absolute atomic E-state index is 0.0105. The van der Waals surface area contributed by atoms with Gasteiger partial charge < -0.3 is 47.5 Å². The van der Waals surface area contributed by atoms with E-state index in [1.54, 1.807) is 21.3 Å². The lowest BCUT2D eigenvalue weighted by Crippen LogP contribution is -2.59. The first kappa shape index (κ1) is 39.7. The molecule has 3 aliphatic carbocycles. The zero-order valence-corrected chi connectivity index (χ0v) is 33.3. The minimum atomic E-state index is -0.606. The zero-order valence-electron chi connectivity index (χ0n) is 33.3. The minimum Gasteiger partial charge on any atom is -0.462 e. The van der Waals surface area contributed by atoms with Gasteiger partial charge >= 0.3 is 5.97 Å². The summed E-state index contributed by atoms with van der Waals surface area (Å²) in [5, 5.41) is 0. The average Bonchev–Trinajstić information content (AvgIpc) is 3.67. The lowest BCUT2D eigenvalue weighted by Gasteiger charge is -2.44. The number of hydrogen-bond donors (Lipinski definition) is 0. The first-order chi connectivity index (χ1) is 25.5. The number of methoxy groups -OCH3 is 3. The van der Waals surface area contributed by atoms with E-state index in [2.05, 4.69) is 38.9 Å². The molecule has 7 aliphatic rings. The Morgan fingerprint density at radius 1 is 0.811 bits per heavy atom. The van der Waals surface area contributed by atoms with E-state index in [9.17, 15) is 9.59 Å². The van der Waals surface area contributed by atoms with Crippen LogP contribution in [0.5, 0.6) is 0 Å². The molecule has 12 heteroatoms. The summed E-state index contributed by atoms with van der Waals surface area (Å²) in [5.74, 6) is -0.0628. The number of cyclic esters (lactones) is 1. The summed E-state index contributed by atoms with van der Waals surface area (Å²) >= 11 is 0. The van der Waals surface area contributed by atoms with Gasteiger partial charge in [0.25, 0.3) is 0 Å². The maximum absolute atomic E-state index is 14.8. The van der Waals surface area contributed by atoms with Crippen LogP contribution in [0.15, 0.2) is 11.6 Å². The van der Waals surface area contributed by atoms with Gasteiger partial charge in [0.05, 0.1) is 43.0 Å². The number of carbonyl (C=O) groups is 2. The fraction of sp³-hybridized carbons (Fsp3) is 0.902. The van der Waals surface area contributed by atoms with Gasteiger partial charge in [-0.3, -0.25) is 9.59 Å². The number of Topliss-reactive ketones (excluding diaryl/α,β-unsaturated/α-hetero) is 1. The molecule has 0 bridgehead atoms. The van der Waals surface area contributed by atoms with Crippen molar-refractivity contribution in [2.75, 3.05) is 35.4 Å². The molecule has 3 unspecified atom stereocenters. The second kappa shape index (κ2) is 16.5. The molecule has 12 nitrogen and oxygen atoms in total. The lowest BCUT2D eigenvalue weighted by atomic mass is 9.66. The summed E-state index contributed by atoms with van der Waals surface area (Å²) in [6.45, 7) is 8.17. The zero-order chi connectivity index (χ0) is 37.7. The normalized spacial score (nSPS) is 48.8. The molecule has 6 fully saturated rings. The first-order valence-electron chi connectivity index (χ1n) is 20.4. The van der Waals surface area contributed by atoms with Crippen LogP contribution in [-0.2, 0) is 52.2 Å². The highest BCUT2D eigenvalue weighted by atomic mass is 16.7. The third kappa shape index (κ3) is 7.80. The smallest absolute Gasteiger partial charge is 0.306 e. The van der Waals surface area contributed by atoms with E-state index >= 15 is 0 Å². The van der Waals surface area contributed by atoms with Gasteiger partial charge in [-0.15, -0.1) is 0 Å². The molecule has 0 aromatic carbocycles. The molecule has 300 valence electrons. The predicted molar refractivity (Wildman–Crippen MR) is 194 cm³/mol. The van der Waals surface area contributed by atoms with Crippen molar-refractivity contribution in [2.24, 2.45) is 35.5 Å². The molecule has 4 aliphatic heterocycles. The van der Waals surface area contributed by atoms with Crippen LogP contribution in [0.25, 0.3) is 0 Å². The van der Waals surface area contributed by atoms with Crippen molar-refractivity contribution in [3.05, 3.63) is 11.6 Å². The molecular weight excluding hydrogens is 682 g/mol. The number of epoxide rings is 1. The van der Waals surface area contributed by atoms with E-state index in [1.165, 1.54) is 0 Å². The summed E-state index contributed by atoms with van der Waals surface area (Å²) in [7, 11) is 9.15. The molecule has 0 radical (unpaired) electrons. The Bertz CT molecular complexity index is 1330. The Morgan fingerprint density at radius 3 is 2.23 bits per heavy atom. The fourth-order valence-corrected chi connectivity index (χ4v) is 11.3. The van der Waals surface area contributed by atoms with E-state index < -0.39 is 12.4 Å². The van der Waals surface area contributed by atoms with Crippen LogP contribution in [-0.4, -0.2) is 132 Å². The van der Waals surface area contributed by atoms with Gasteiger partial charge in [0.2, 0.25) is 0 Å². The standard InChI is InChI=1S/C41H65NO11/c1-10-23-12-11-13-31(52-33-15-14-30(42(5)6)21(3)48-33)20(2)35(44)28-18-26-25-16-24(51-41-40(47-9)39(46-8)36(45-7)22(4)49-41)17-29(25)37-38(53-37)34(26)27(28)19-32(43)50-23/h18,20-27,29-31,33-34,36-41H,10-17,19H2,1-9H3/t20-,21?,22?,23+,24+,25+,26+,27-,29-,30+,31+,33+,34-,36+,37+,38-,39?,40+,41+/m1/s1. The van der Waals surface area contributed by atoms with E-state index in [-0.39, 0.29) is 109 Å². The maximum atomic E-state index is 14.8. The largest absolute Gasteiger partial charge is 0.462 e. The topological polar surface area (TPSA) is 124 Å². The number of likely N-dealkylation sites (N-methyl/N-ethyl adjacent to an activating group) is 1. The summed E-state index contributed by atoms with van der Waals surface area (Å²) in [6, 6.07) is 0.335. The number of ether oxygens (including phenoxy) is 9. The maximum Gasteiger partial charge on any atom is 0.306 e. The van der Waals surface area contributed by atoms with E-state index in [4.69, 9.17) is 42.6 Å². The van der Waals surface area contributed by atoms with E-state index in [0.29, 0.717) is 18.4 Å². The summed E-state index contributed by atoms with van der Waals surface area (Å²) in [6.07, 6.45) is 6.20. The van der Waals surface area contributed by atoms with Gasteiger partial charge in [0.1, 0.15) is 24.4 Å². The average molecular weight is 748 g/mol. The van der Waals surface area contributed by atoms with Gasteiger partial charge in [-0.25, -0.2) is 0 Å². The van der Waals surface area contributed by atoms with Crippen LogP contribution in [0.3, 0.4) is 0 Å². The SMILES string of the molecule is CC[C@H]1CCC[C@H](O[C@H]2CC[C@H](N(C)C)C(C)O2)[C@@H](C)C(=O)C2=C[C@H]3[C@@H]4C[C@H](O[C@@H]5OC(C)[C@H](OC)C(OC)[C@@H]5OC)C[C@H]4[C@@H]4O[C@@H]4[C@H]3[C@@H]2CC(=O)O1. The highest BCUT2D eigenvalue weighted by molar-refractivity contribution is 5.99. The number of nitrogens with zero attached hydrogens (tertiary/aromatic N) is 1. The molecule has 19 atom stereocenters. The van der Waals surface area contributed by atoms with Gasteiger partial charge in [-0.2, -0.15) is 0 Å². The van der Waals surface area contributed by atoms with Crippen LogP contribution in [0.4, 0.5) is 0 Å². The van der Waals surface area contributed by atoms with Crippen molar-refractivity contribution < 1.29 is 52.2 Å². The van der Waals surface area contributed by atoms with Crippen molar-refractivity contribution >= 4 is 11.8 Å². The van der Waals surface area contributed by atoms with Gasteiger partial charge in [-0.05, 0) is 103 Å². The fourth-order valence-electron chi connectivity index (χ4n) is 11.3. The Kier molecular flexibility index (Phi) is 12.4. The molecule has 7 rings (SSSR count). The number of allylic oxidation sites excluding steroid dienone is 2.